The van der Waals surface area contributed by atoms with E-state index in [2.05, 4.69) is 44.2 Å². The number of hydrogen-bond acceptors (Lipinski definition) is 2. The summed E-state index contributed by atoms with van der Waals surface area (Å²) >= 11 is 0. The molecule has 0 radical (unpaired) electrons. The fraction of sp³-hybridized carbons (Fsp3) is 0.263. The van der Waals surface area contributed by atoms with Crippen molar-refractivity contribution in [3.8, 4) is 0 Å². The van der Waals surface area contributed by atoms with Crippen LogP contribution in [0.15, 0.2) is 52.9 Å². The standard InChI is InChI=1S/C19H20O2/c1-3-14-5-7-15(8-6-14)11-17(20)19-12-16-10-13(2)4-9-18(16)21-19/h4-10,12,17,20H,3,11H2,1-2H3. The van der Waals surface area contributed by atoms with Gasteiger partial charge >= 0.3 is 0 Å². The first-order valence-corrected chi connectivity index (χ1v) is 7.41. The lowest BCUT2D eigenvalue weighted by Gasteiger charge is -2.08. The van der Waals surface area contributed by atoms with E-state index in [1.807, 2.05) is 18.2 Å². The third kappa shape index (κ3) is 3.01. The summed E-state index contributed by atoms with van der Waals surface area (Å²) in [6, 6.07) is 16.4. The molecule has 0 aliphatic carbocycles. The van der Waals surface area contributed by atoms with Crippen molar-refractivity contribution in [2.24, 2.45) is 0 Å². The summed E-state index contributed by atoms with van der Waals surface area (Å²) in [5.41, 5.74) is 4.46. The maximum atomic E-state index is 10.4. The Morgan fingerprint density at radius 2 is 1.71 bits per heavy atom. The Labute approximate surface area is 125 Å². The predicted octanol–water partition coefficient (Wildman–Crippen LogP) is 4.58. The summed E-state index contributed by atoms with van der Waals surface area (Å²) in [6.07, 6.45) is 0.999. The second-order valence-electron chi connectivity index (χ2n) is 5.58. The van der Waals surface area contributed by atoms with Crippen molar-refractivity contribution in [3.63, 3.8) is 0 Å². The highest BCUT2D eigenvalue weighted by atomic mass is 16.4. The number of furan rings is 1. The van der Waals surface area contributed by atoms with Gasteiger partial charge < -0.3 is 9.52 Å². The summed E-state index contributed by atoms with van der Waals surface area (Å²) in [4.78, 5) is 0. The van der Waals surface area contributed by atoms with E-state index in [-0.39, 0.29) is 0 Å². The van der Waals surface area contributed by atoms with Crippen LogP contribution < -0.4 is 0 Å². The number of aryl methyl sites for hydroxylation is 2. The molecule has 0 bridgehead atoms. The average molecular weight is 280 g/mol. The van der Waals surface area contributed by atoms with Crippen LogP contribution in [0.4, 0.5) is 0 Å². The van der Waals surface area contributed by atoms with Crippen LogP contribution in [0.3, 0.4) is 0 Å². The van der Waals surface area contributed by atoms with Gasteiger partial charge in [-0.1, -0.05) is 42.8 Å². The summed E-state index contributed by atoms with van der Waals surface area (Å²) in [5.74, 6) is 0.634. The van der Waals surface area contributed by atoms with E-state index in [0.29, 0.717) is 12.2 Å². The van der Waals surface area contributed by atoms with E-state index in [4.69, 9.17) is 4.42 Å². The first-order chi connectivity index (χ1) is 10.2. The number of aliphatic hydroxyl groups is 1. The lowest BCUT2D eigenvalue weighted by Crippen LogP contribution is -2.00. The van der Waals surface area contributed by atoms with Crippen molar-refractivity contribution in [1.82, 2.24) is 0 Å². The van der Waals surface area contributed by atoms with Gasteiger partial charge in [0.05, 0.1) is 0 Å². The Hall–Kier alpha value is -2.06. The summed E-state index contributed by atoms with van der Waals surface area (Å²) in [7, 11) is 0. The van der Waals surface area contributed by atoms with Gasteiger partial charge in [0.15, 0.2) is 0 Å². The summed E-state index contributed by atoms with van der Waals surface area (Å²) < 4.78 is 5.75. The normalized spacial score (nSPS) is 12.7. The fourth-order valence-electron chi connectivity index (χ4n) is 2.58. The van der Waals surface area contributed by atoms with Crippen molar-refractivity contribution in [2.75, 3.05) is 0 Å². The molecule has 3 aromatic rings. The highest BCUT2D eigenvalue weighted by Gasteiger charge is 2.14. The monoisotopic (exact) mass is 280 g/mol. The Morgan fingerprint density at radius 1 is 1.00 bits per heavy atom. The molecule has 108 valence electrons. The van der Waals surface area contributed by atoms with Crippen LogP contribution in [-0.2, 0) is 12.8 Å². The Bertz CT molecular complexity index is 738. The Balaban J connectivity index is 1.80. The van der Waals surface area contributed by atoms with Crippen LogP contribution >= 0.6 is 0 Å². The van der Waals surface area contributed by atoms with Crippen molar-refractivity contribution < 1.29 is 9.52 Å². The zero-order chi connectivity index (χ0) is 14.8. The van der Waals surface area contributed by atoms with Gasteiger partial charge in [0, 0.05) is 11.8 Å². The van der Waals surface area contributed by atoms with Crippen LogP contribution in [0.1, 0.15) is 35.5 Å². The van der Waals surface area contributed by atoms with E-state index in [9.17, 15) is 5.11 Å². The highest BCUT2D eigenvalue weighted by molar-refractivity contribution is 5.78. The third-order valence-electron chi connectivity index (χ3n) is 3.88. The van der Waals surface area contributed by atoms with Gasteiger partial charge in [-0.25, -0.2) is 0 Å². The van der Waals surface area contributed by atoms with Gasteiger partial charge in [0.2, 0.25) is 0 Å². The molecule has 1 aromatic heterocycles. The molecule has 2 nitrogen and oxygen atoms in total. The molecule has 3 rings (SSSR count). The van der Waals surface area contributed by atoms with E-state index in [1.54, 1.807) is 0 Å². The van der Waals surface area contributed by atoms with Crippen LogP contribution in [-0.4, -0.2) is 5.11 Å². The molecule has 1 unspecified atom stereocenters. The van der Waals surface area contributed by atoms with Crippen LogP contribution in [0.25, 0.3) is 11.0 Å². The molecule has 0 aliphatic rings. The van der Waals surface area contributed by atoms with E-state index < -0.39 is 6.10 Å². The Morgan fingerprint density at radius 3 is 2.43 bits per heavy atom. The number of aliphatic hydroxyl groups excluding tert-OH is 1. The number of hydrogen-bond donors (Lipinski definition) is 1. The molecule has 2 heteroatoms. The number of rotatable bonds is 4. The topological polar surface area (TPSA) is 33.4 Å². The molecule has 2 aromatic carbocycles. The molecule has 1 N–H and O–H groups in total. The van der Waals surface area contributed by atoms with Gasteiger partial charge in [0.1, 0.15) is 17.4 Å². The number of benzene rings is 2. The van der Waals surface area contributed by atoms with E-state index in [1.165, 1.54) is 11.1 Å². The van der Waals surface area contributed by atoms with Crippen LogP contribution in [0.2, 0.25) is 0 Å². The molecule has 0 fully saturated rings. The summed E-state index contributed by atoms with van der Waals surface area (Å²) in [6.45, 7) is 4.19. The molecule has 0 saturated heterocycles. The molecule has 1 heterocycles. The molecular weight excluding hydrogens is 260 g/mol. The van der Waals surface area contributed by atoms with Crippen LogP contribution in [0.5, 0.6) is 0 Å². The van der Waals surface area contributed by atoms with Crippen molar-refractivity contribution >= 4 is 11.0 Å². The van der Waals surface area contributed by atoms with Gasteiger partial charge in [-0.15, -0.1) is 0 Å². The van der Waals surface area contributed by atoms with Gasteiger partial charge in [-0.3, -0.25) is 0 Å². The maximum absolute atomic E-state index is 10.4. The molecule has 0 saturated carbocycles. The van der Waals surface area contributed by atoms with Crippen molar-refractivity contribution in [3.05, 3.63) is 71.0 Å². The van der Waals surface area contributed by atoms with Gasteiger partial charge in [-0.2, -0.15) is 0 Å². The van der Waals surface area contributed by atoms with Crippen molar-refractivity contribution in [2.45, 2.75) is 32.8 Å². The zero-order valence-corrected chi connectivity index (χ0v) is 12.5. The third-order valence-corrected chi connectivity index (χ3v) is 3.88. The second kappa shape index (κ2) is 5.74. The van der Waals surface area contributed by atoms with Gasteiger partial charge in [0.25, 0.3) is 0 Å². The van der Waals surface area contributed by atoms with Crippen molar-refractivity contribution in [1.29, 1.82) is 0 Å². The van der Waals surface area contributed by atoms with E-state index in [0.717, 1.165) is 23.0 Å². The first kappa shape index (κ1) is 13.9. The van der Waals surface area contributed by atoms with Crippen LogP contribution in [0, 0.1) is 6.92 Å². The molecular formula is C19H20O2. The average Bonchev–Trinajstić information content (AvgIpc) is 2.91. The SMILES string of the molecule is CCc1ccc(CC(O)c2cc3cc(C)ccc3o2)cc1. The largest absolute Gasteiger partial charge is 0.458 e. The molecule has 1 atom stereocenters. The minimum absolute atomic E-state index is 0.572. The second-order valence-corrected chi connectivity index (χ2v) is 5.58. The quantitative estimate of drug-likeness (QED) is 0.759. The van der Waals surface area contributed by atoms with E-state index >= 15 is 0 Å². The van der Waals surface area contributed by atoms with Gasteiger partial charge in [-0.05, 0) is 42.7 Å². The molecule has 0 aliphatic heterocycles. The predicted molar refractivity (Wildman–Crippen MR) is 85.4 cm³/mol. The lowest BCUT2D eigenvalue weighted by molar-refractivity contribution is 0.152. The molecule has 0 spiro atoms. The summed E-state index contributed by atoms with van der Waals surface area (Å²) in [5, 5.41) is 11.4. The lowest BCUT2D eigenvalue weighted by atomic mass is 10.0. The minimum Gasteiger partial charge on any atom is -0.458 e. The fourth-order valence-corrected chi connectivity index (χ4v) is 2.58. The zero-order valence-electron chi connectivity index (χ0n) is 12.5. The molecule has 21 heavy (non-hydrogen) atoms. The Kier molecular flexibility index (Phi) is 3.80. The number of fused-ring (bicyclic) bond motifs is 1. The first-order valence-electron chi connectivity index (χ1n) is 7.41. The smallest absolute Gasteiger partial charge is 0.134 e. The minimum atomic E-state index is -0.606. The maximum Gasteiger partial charge on any atom is 0.134 e. The highest BCUT2D eigenvalue weighted by Crippen LogP contribution is 2.27. The molecule has 0 amide bonds.